The molecule has 0 aromatic heterocycles. The summed E-state index contributed by atoms with van der Waals surface area (Å²) < 4.78 is 0. The topological polar surface area (TPSA) is 52.6 Å². The minimum atomic E-state index is -0.525. The number of aryl methyl sites for hydroxylation is 1. The molecule has 4 nitrogen and oxygen atoms in total. The number of carbonyl (C=O) groups is 1. The Bertz CT molecular complexity index is 437. The third-order valence-corrected chi connectivity index (χ3v) is 3.40. The summed E-state index contributed by atoms with van der Waals surface area (Å²) in [6, 6.07) is 5.14. The van der Waals surface area contributed by atoms with Gasteiger partial charge in [-0.2, -0.15) is 0 Å². The molecule has 1 aliphatic rings. The molecule has 1 unspecified atom stereocenters. The molecule has 0 aliphatic carbocycles. The van der Waals surface area contributed by atoms with Gasteiger partial charge in [0.05, 0.1) is 6.61 Å². The van der Waals surface area contributed by atoms with E-state index in [2.05, 4.69) is 5.32 Å². The molecule has 1 heterocycles. The van der Waals surface area contributed by atoms with Gasteiger partial charge in [0.15, 0.2) is 0 Å². The van der Waals surface area contributed by atoms with E-state index in [9.17, 15) is 9.90 Å². The molecule has 2 rings (SSSR count). The third-order valence-electron chi connectivity index (χ3n) is 2.99. The molecule has 5 heteroatoms. The summed E-state index contributed by atoms with van der Waals surface area (Å²) in [5.41, 5.74) is 1.87. The second-order valence-corrected chi connectivity index (χ2v) is 4.52. The predicted octanol–water partition coefficient (Wildman–Crippen LogP) is 0.946. The number of carbonyl (C=O) groups excluding carboxylic acids is 1. The highest BCUT2D eigenvalue weighted by molar-refractivity contribution is 6.31. The molecule has 1 fully saturated rings. The van der Waals surface area contributed by atoms with Crippen LogP contribution in [0.4, 0.5) is 5.69 Å². The molecule has 0 saturated carbocycles. The fourth-order valence-electron chi connectivity index (χ4n) is 1.97. The van der Waals surface area contributed by atoms with Gasteiger partial charge < -0.3 is 15.3 Å². The molecule has 0 spiro atoms. The number of nitrogens with one attached hydrogen (secondary N) is 1. The Morgan fingerprint density at radius 2 is 2.35 bits per heavy atom. The quantitative estimate of drug-likeness (QED) is 0.826. The van der Waals surface area contributed by atoms with Gasteiger partial charge in [0, 0.05) is 23.8 Å². The lowest BCUT2D eigenvalue weighted by molar-refractivity contribution is -0.124. The second-order valence-electron chi connectivity index (χ2n) is 4.12. The van der Waals surface area contributed by atoms with Crippen molar-refractivity contribution >= 4 is 23.2 Å². The van der Waals surface area contributed by atoms with Crippen LogP contribution in [0.15, 0.2) is 18.2 Å². The number of anilines is 1. The van der Waals surface area contributed by atoms with Crippen LogP contribution in [-0.2, 0) is 4.79 Å². The van der Waals surface area contributed by atoms with E-state index in [-0.39, 0.29) is 12.5 Å². The number of hydrogen-bond donors (Lipinski definition) is 2. The molecule has 1 amide bonds. The Morgan fingerprint density at radius 1 is 1.59 bits per heavy atom. The van der Waals surface area contributed by atoms with Gasteiger partial charge in [-0.3, -0.25) is 4.79 Å². The van der Waals surface area contributed by atoms with E-state index in [4.69, 9.17) is 11.6 Å². The summed E-state index contributed by atoms with van der Waals surface area (Å²) in [7, 11) is 0. The van der Waals surface area contributed by atoms with Crippen LogP contribution in [-0.4, -0.2) is 36.8 Å². The van der Waals surface area contributed by atoms with Gasteiger partial charge in [0.2, 0.25) is 5.91 Å². The number of halogens is 1. The molecule has 1 aromatic rings. The van der Waals surface area contributed by atoms with Crippen LogP contribution >= 0.6 is 11.6 Å². The Balaban J connectivity index is 2.30. The molecule has 1 atom stereocenters. The molecular weight excluding hydrogens is 240 g/mol. The van der Waals surface area contributed by atoms with Crippen LogP contribution < -0.4 is 10.2 Å². The van der Waals surface area contributed by atoms with E-state index in [1.165, 1.54) is 0 Å². The summed E-state index contributed by atoms with van der Waals surface area (Å²) in [5.74, 6) is -0.143. The van der Waals surface area contributed by atoms with Crippen molar-refractivity contribution in [1.29, 1.82) is 0 Å². The summed E-state index contributed by atoms with van der Waals surface area (Å²) >= 11 is 6.07. The standard InChI is InChI=1S/C12H15ClN2O2/c1-8-2-3-9(6-10(8)13)15-5-4-14-12(17)11(15)7-16/h2-3,6,11,16H,4-5,7H2,1H3,(H,14,17). The maximum absolute atomic E-state index is 11.6. The van der Waals surface area contributed by atoms with E-state index in [0.29, 0.717) is 18.1 Å². The number of aliphatic hydroxyl groups is 1. The van der Waals surface area contributed by atoms with Gasteiger partial charge in [-0.1, -0.05) is 17.7 Å². The number of rotatable bonds is 2. The highest BCUT2D eigenvalue weighted by Crippen LogP contribution is 2.25. The number of nitrogens with zero attached hydrogens (tertiary/aromatic N) is 1. The second kappa shape index (κ2) is 4.94. The molecule has 0 bridgehead atoms. The molecule has 1 saturated heterocycles. The lowest BCUT2D eigenvalue weighted by Crippen LogP contribution is -2.57. The van der Waals surface area contributed by atoms with E-state index in [0.717, 1.165) is 11.3 Å². The number of hydrogen-bond acceptors (Lipinski definition) is 3. The van der Waals surface area contributed by atoms with E-state index in [1.54, 1.807) is 0 Å². The van der Waals surface area contributed by atoms with Gasteiger partial charge in [0.1, 0.15) is 6.04 Å². The molecule has 1 aromatic carbocycles. The highest BCUT2D eigenvalue weighted by atomic mass is 35.5. The average Bonchev–Trinajstić information content (AvgIpc) is 2.32. The van der Waals surface area contributed by atoms with Crippen LogP contribution in [0.1, 0.15) is 5.56 Å². The third kappa shape index (κ3) is 2.37. The van der Waals surface area contributed by atoms with Crippen LogP contribution in [0.2, 0.25) is 5.02 Å². The van der Waals surface area contributed by atoms with Crippen molar-refractivity contribution in [3.05, 3.63) is 28.8 Å². The van der Waals surface area contributed by atoms with Crippen molar-refractivity contribution in [2.45, 2.75) is 13.0 Å². The van der Waals surface area contributed by atoms with Crippen molar-refractivity contribution in [2.75, 3.05) is 24.6 Å². The molecule has 0 radical (unpaired) electrons. The first kappa shape index (κ1) is 12.2. The van der Waals surface area contributed by atoms with E-state index >= 15 is 0 Å². The summed E-state index contributed by atoms with van der Waals surface area (Å²) in [5, 5.41) is 12.7. The first-order valence-electron chi connectivity index (χ1n) is 5.55. The number of aliphatic hydroxyl groups excluding tert-OH is 1. The number of piperazine rings is 1. The SMILES string of the molecule is Cc1ccc(N2CCNC(=O)C2CO)cc1Cl. The van der Waals surface area contributed by atoms with E-state index < -0.39 is 6.04 Å². The number of benzene rings is 1. The fraction of sp³-hybridized carbons (Fsp3) is 0.417. The zero-order valence-electron chi connectivity index (χ0n) is 9.61. The molecule has 17 heavy (non-hydrogen) atoms. The molecular formula is C12H15ClN2O2. The normalized spacial score (nSPS) is 20.3. The Kier molecular flexibility index (Phi) is 3.54. The Hall–Kier alpha value is -1.26. The zero-order chi connectivity index (χ0) is 12.4. The molecule has 1 aliphatic heterocycles. The van der Waals surface area contributed by atoms with Crippen LogP contribution in [0.3, 0.4) is 0 Å². The zero-order valence-corrected chi connectivity index (χ0v) is 10.4. The van der Waals surface area contributed by atoms with Gasteiger partial charge in [0.25, 0.3) is 0 Å². The largest absolute Gasteiger partial charge is 0.394 e. The highest BCUT2D eigenvalue weighted by Gasteiger charge is 2.29. The Morgan fingerprint density at radius 3 is 3.00 bits per heavy atom. The molecule has 2 N–H and O–H groups in total. The van der Waals surface area contributed by atoms with Crippen LogP contribution in [0.25, 0.3) is 0 Å². The summed E-state index contributed by atoms with van der Waals surface area (Å²) in [4.78, 5) is 13.5. The maximum atomic E-state index is 11.6. The van der Waals surface area contributed by atoms with Gasteiger partial charge >= 0.3 is 0 Å². The minimum absolute atomic E-state index is 0.143. The lowest BCUT2D eigenvalue weighted by atomic mass is 10.1. The first-order chi connectivity index (χ1) is 8.13. The van der Waals surface area contributed by atoms with E-state index in [1.807, 2.05) is 30.0 Å². The van der Waals surface area contributed by atoms with Crippen LogP contribution in [0, 0.1) is 6.92 Å². The van der Waals surface area contributed by atoms with Crippen molar-refractivity contribution in [1.82, 2.24) is 5.32 Å². The van der Waals surface area contributed by atoms with Gasteiger partial charge in [-0.05, 0) is 24.6 Å². The summed E-state index contributed by atoms with van der Waals surface area (Å²) in [6.45, 7) is 2.99. The number of amides is 1. The molecule has 92 valence electrons. The van der Waals surface area contributed by atoms with Crippen molar-refractivity contribution in [2.24, 2.45) is 0 Å². The first-order valence-corrected chi connectivity index (χ1v) is 5.92. The van der Waals surface area contributed by atoms with Crippen molar-refractivity contribution < 1.29 is 9.90 Å². The minimum Gasteiger partial charge on any atom is -0.394 e. The Labute approximate surface area is 105 Å². The maximum Gasteiger partial charge on any atom is 0.245 e. The lowest BCUT2D eigenvalue weighted by Gasteiger charge is -2.35. The van der Waals surface area contributed by atoms with Gasteiger partial charge in [-0.15, -0.1) is 0 Å². The summed E-state index contributed by atoms with van der Waals surface area (Å²) in [6.07, 6.45) is 0. The smallest absolute Gasteiger partial charge is 0.245 e. The van der Waals surface area contributed by atoms with Crippen molar-refractivity contribution in [3.8, 4) is 0 Å². The fourth-order valence-corrected chi connectivity index (χ4v) is 2.14. The van der Waals surface area contributed by atoms with Crippen molar-refractivity contribution in [3.63, 3.8) is 0 Å². The van der Waals surface area contributed by atoms with Gasteiger partial charge in [-0.25, -0.2) is 0 Å². The average molecular weight is 255 g/mol. The monoisotopic (exact) mass is 254 g/mol. The van der Waals surface area contributed by atoms with Crippen LogP contribution in [0.5, 0.6) is 0 Å². The predicted molar refractivity (Wildman–Crippen MR) is 67.4 cm³/mol.